The fourth-order valence-corrected chi connectivity index (χ4v) is 4.36. The summed E-state index contributed by atoms with van der Waals surface area (Å²) in [6.45, 7) is 18.1. The normalized spacial score (nSPS) is 19.6. The summed E-state index contributed by atoms with van der Waals surface area (Å²) in [5.74, 6) is 0.596. The largest absolute Gasteiger partial charge is 0.427 e. The van der Waals surface area contributed by atoms with Crippen molar-refractivity contribution in [1.82, 2.24) is 14.7 Å². The SMILES string of the molecule is CC(C)(C)c1ccc(OP(O)O)c(C(C)(C)C)c1.O=C1C=C(N2CC2)C(=O)C(N2CC2)=C1N1CC1. The Morgan fingerprint density at radius 1 is 0.800 bits per heavy atom. The van der Waals surface area contributed by atoms with Gasteiger partial charge < -0.3 is 29.0 Å². The molecular formula is C26H36N3O5P. The molecule has 0 saturated carbocycles. The molecular weight excluding hydrogens is 465 g/mol. The number of carbonyl (C=O) groups is 2. The van der Waals surface area contributed by atoms with Crippen LogP contribution < -0.4 is 4.52 Å². The van der Waals surface area contributed by atoms with Gasteiger partial charge in [0.2, 0.25) is 11.6 Å². The standard InChI is InChI=1S/C14H23O3P.C12H13N3O2/c1-13(2,3)10-7-8-12(17-18(15)16)11(9-10)14(4,5)6;16-9-7-8(13-1-2-13)12(17)11(15-5-6-15)10(9)14-3-4-14/h7-9,15-16H,1-6H3;7H,1-6H2. The van der Waals surface area contributed by atoms with Crippen molar-refractivity contribution in [1.29, 1.82) is 0 Å². The molecule has 3 aliphatic heterocycles. The minimum atomic E-state index is -2.38. The quantitative estimate of drug-likeness (QED) is 0.361. The average Bonchev–Trinajstić information content (AvgIpc) is 3.60. The smallest absolute Gasteiger partial charge is 0.391 e. The minimum Gasteiger partial charge on any atom is -0.427 e. The van der Waals surface area contributed by atoms with Crippen LogP contribution in [0.3, 0.4) is 0 Å². The number of nitrogens with zero attached hydrogens (tertiary/aromatic N) is 3. The van der Waals surface area contributed by atoms with Crippen LogP contribution in [0.4, 0.5) is 0 Å². The van der Waals surface area contributed by atoms with Gasteiger partial charge in [-0.2, -0.15) is 0 Å². The summed E-state index contributed by atoms with van der Waals surface area (Å²) < 4.78 is 5.12. The van der Waals surface area contributed by atoms with Crippen LogP contribution in [0.1, 0.15) is 52.7 Å². The van der Waals surface area contributed by atoms with Gasteiger partial charge in [-0.05, 0) is 22.5 Å². The number of hydrogen-bond acceptors (Lipinski definition) is 8. The van der Waals surface area contributed by atoms with Gasteiger partial charge in [-0.15, -0.1) is 0 Å². The minimum absolute atomic E-state index is 0.00546. The third-order valence-electron chi connectivity index (χ3n) is 6.32. The van der Waals surface area contributed by atoms with Gasteiger partial charge >= 0.3 is 8.60 Å². The molecule has 9 heteroatoms. The van der Waals surface area contributed by atoms with Gasteiger partial charge in [0.1, 0.15) is 17.1 Å². The average molecular weight is 502 g/mol. The molecule has 1 aromatic rings. The lowest BCUT2D eigenvalue weighted by Gasteiger charge is -2.27. The van der Waals surface area contributed by atoms with Gasteiger partial charge in [0.15, 0.2) is 0 Å². The molecule has 3 heterocycles. The Hall–Kier alpha value is -2.41. The zero-order valence-corrected chi connectivity index (χ0v) is 22.4. The summed E-state index contributed by atoms with van der Waals surface area (Å²) in [6, 6.07) is 5.89. The summed E-state index contributed by atoms with van der Waals surface area (Å²) in [6.07, 6.45) is 1.52. The van der Waals surface area contributed by atoms with Crippen molar-refractivity contribution in [2.24, 2.45) is 0 Å². The van der Waals surface area contributed by atoms with Crippen LogP contribution >= 0.6 is 8.60 Å². The summed E-state index contributed by atoms with van der Waals surface area (Å²) in [7, 11) is -2.38. The molecule has 0 spiro atoms. The van der Waals surface area contributed by atoms with E-state index in [2.05, 4.69) is 47.6 Å². The number of benzene rings is 1. The number of hydrogen-bond donors (Lipinski definition) is 2. The van der Waals surface area contributed by atoms with E-state index in [4.69, 9.17) is 14.3 Å². The lowest BCUT2D eigenvalue weighted by molar-refractivity contribution is -0.117. The van der Waals surface area contributed by atoms with Crippen molar-refractivity contribution in [3.05, 3.63) is 52.5 Å². The molecule has 1 aliphatic carbocycles. The first kappa shape index (κ1) is 25.7. The van der Waals surface area contributed by atoms with Gasteiger partial charge in [0.25, 0.3) is 0 Å². The maximum atomic E-state index is 12.4. The predicted molar refractivity (Wildman–Crippen MR) is 136 cm³/mol. The van der Waals surface area contributed by atoms with Gasteiger partial charge in [-0.3, -0.25) is 9.59 Å². The van der Waals surface area contributed by atoms with Crippen LogP contribution in [0, 0.1) is 0 Å². The Kier molecular flexibility index (Phi) is 6.77. The Morgan fingerprint density at radius 3 is 1.80 bits per heavy atom. The molecule has 8 nitrogen and oxygen atoms in total. The second-order valence-corrected chi connectivity index (χ2v) is 12.1. The first-order valence-electron chi connectivity index (χ1n) is 12.1. The van der Waals surface area contributed by atoms with Crippen molar-refractivity contribution in [3.63, 3.8) is 0 Å². The van der Waals surface area contributed by atoms with Crippen LogP contribution in [0.2, 0.25) is 0 Å². The van der Waals surface area contributed by atoms with E-state index in [0.29, 0.717) is 22.8 Å². The second-order valence-electron chi connectivity index (χ2n) is 11.4. The zero-order valence-electron chi connectivity index (χ0n) is 21.5. The maximum absolute atomic E-state index is 12.4. The van der Waals surface area contributed by atoms with Gasteiger partial charge in [-0.25, -0.2) is 0 Å². The third kappa shape index (κ3) is 6.05. The molecule has 4 aliphatic rings. The first-order valence-corrected chi connectivity index (χ1v) is 13.2. The molecule has 0 aromatic heterocycles. The highest BCUT2D eigenvalue weighted by Crippen LogP contribution is 2.40. The van der Waals surface area contributed by atoms with Crippen molar-refractivity contribution in [3.8, 4) is 5.75 Å². The Balaban J connectivity index is 0.000000165. The molecule has 0 unspecified atom stereocenters. The van der Waals surface area contributed by atoms with E-state index in [1.54, 1.807) is 0 Å². The Labute approximate surface area is 208 Å². The highest BCUT2D eigenvalue weighted by molar-refractivity contribution is 7.39. The molecule has 0 atom stereocenters. The molecule has 0 radical (unpaired) electrons. The van der Waals surface area contributed by atoms with Crippen molar-refractivity contribution >= 4 is 20.2 Å². The number of allylic oxidation sites excluding steroid dienone is 1. The molecule has 3 fully saturated rings. The van der Waals surface area contributed by atoms with Gasteiger partial charge in [-0.1, -0.05) is 53.7 Å². The van der Waals surface area contributed by atoms with E-state index >= 15 is 0 Å². The van der Waals surface area contributed by atoms with Crippen LogP contribution in [-0.2, 0) is 20.4 Å². The summed E-state index contributed by atoms with van der Waals surface area (Å²) >= 11 is 0. The fourth-order valence-electron chi connectivity index (χ4n) is 4.03. The summed E-state index contributed by atoms with van der Waals surface area (Å²) in [5, 5.41) is 0. The third-order valence-corrected chi connectivity index (χ3v) is 6.68. The summed E-state index contributed by atoms with van der Waals surface area (Å²) in [4.78, 5) is 48.5. The van der Waals surface area contributed by atoms with E-state index < -0.39 is 8.60 Å². The molecule has 35 heavy (non-hydrogen) atoms. The molecule has 5 rings (SSSR count). The van der Waals surface area contributed by atoms with Crippen molar-refractivity contribution < 1.29 is 23.9 Å². The highest BCUT2D eigenvalue weighted by Gasteiger charge is 2.43. The van der Waals surface area contributed by atoms with E-state index in [1.807, 2.05) is 26.8 Å². The zero-order chi connectivity index (χ0) is 25.7. The lowest BCUT2D eigenvalue weighted by atomic mass is 9.80. The molecule has 3 saturated heterocycles. The van der Waals surface area contributed by atoms with Gasteiger partial charge in [0, 0.05) is 50.9 Å². The molecule has 190 valence electrons. The number of ketones is 2. The predicted octanol–water partition coefficient (Wildman–Crippen LogP) is 3.05. The number of carbonyl (C=O) groups excluding carboxylic acids is 2. The van der Waals surface area contributed by atoms with E-state index in [-0.39, 0.29) is 22.4 Å². The number of rotatable bonds is 5. The highest BCUT2D eigenvalue weighted by atomic mass is 31.2. The molecule has 2 N–H and O–H groups in total. The molecule has 0 bridgehead atoms. The Morgan fingerprint density at radius 2 is 1.34 bits per heavy atom. The van der Waals surface area contributed by atoms with Crippen molar-refractivity contribution in [2.45, 2.75) is 52.4 Å². The first-order chi connectivity index (χ1) is 16.3. The number of Topliss-reactive ketones (excluding diaryl/α,β-unsaturated/α-hetero) is 1. The Bertz CT molecular complexity index is 1090. The van der Waals surface area contributed by atoms with E-state index in [9.17, 15) is 9.59 Å². The van der Waals surface area contributed by atoms with Crippen LogP contribution in [0.25, 0.3) is 0 Å². The summed E-state index contributed by atoms with van der Waals surface area (Å²) in [5.41, 5.74) is 4.03. The fraction of sp³-hybridized carbons (Fsp3) is 0.538. The second kappa shape index (κ2) is 9.23. The maximum Gasteiger partial charge on any atom is 0.391 e. The van der Waals surface area contributed by atoms with Gasteiger partial charge in [0.05, 0.1) is 5.70 Å². The van der Waals surface area contributed by atoms with Crippen LogP contribution in [0.5, 0.6) is 5.75 Å². The van der Waals surface area contributed by atoms with Crippen LogP contribution in [0.15, 0.2) is 41.4 Å². The van der Waals surface area contributed by atoms with Crippen molar-refractivity contribution in [2.75, 3.05) is 39.3 Å². The van der Waals surface area contributed by atoms with E-state index in [0.717, 1.165) is 44.8 Å². The van der Waals surface area contributed by atoms with Crippen LogP contribution in [-0.4, -0.2) is 75.3 Å². The molecule has 0 amide bonds. The monoisotopic (exact) mass is 501 g/mol. The molecule has 1 aromatic carbocycles. The topological polar surface area (TPSA) is 92.9 Å². The lowest BCUT2D eigenvalue weighted by Crippen LogP contribution is -2.29. The van der Waals surface area contributed by atoms with E-state index in [1.165, 1.54) is 11.6 Å².